The molecule has 0 radical (unpaired) electrons. The molecule has 136 valence electrons. The molecule has 1 aromatic rings. The van der Waals surface area contributed by atoms with E-state index < -0.39 is 24.0 Å². The number of hydroxylamine groups is 2. The minimum atomic E-state index is -1.13. The number of hydrogen-bond acceptors (Lipinski definition) is 7. The Bertz CT molecular complexity index is 685. The summed E-state index contributed by atoms with van der Waals surface area (Å²) in [5.41, 5.74) is 0.906. The number of thiol groups is 1. The first kappa shape index (κ1) is 17.8. The minimum absolute atomic E-state index is 0.145. The van der Waals surface area contributed by atoms with Crippen LogP contribution in [0.2, 0.25) is 0 Å². The van der Waals surface area contributed by atoms with Crippen LogP contribution < -0.4 is 14.8 Å². The molecule has 3 rings (SSSR count). The molecule has 0 aliphatic carbocycles. The van der Waals surface area contributed by atoms with Crippen LogP contribution in [-0.4, -0.2) is 57.9 Å². The number of carbonyl (C=O) groups is 2. The normalized spacial score (nSPS) is 26.4. The van der Waals surface area contributed by atoms with Crippen LogP contribution in [-0.2, 0) is 9.59 Å². The third-order valence-corrected chi connectivity index (χ3v) is 5.02. The summed E-state index contributed by atoms with van der Waals surface area (Å²) in [4.78, 5) is 23.3. The number of carboxylic acids is 1. The fourth-order valence-corrected chi connectivity index (χ4v) is 3.65. The van der Waals surface area contributed by atoms with Crippen molar-refractivity contribution in [1.29, 1.82) is 0 Å². The zero-order chi connectivity index (χ0) is 18.1. The summed E-state index contributed by atoms with van der Waals surface area (Å²) >= 11 is 4.29. The van der Waals surface area contributed by atoms with E-state index in [0.717, 1.165) is 10.6 Å². The Morgan fingerprint density at radius 2 is 2.12 bits per heavy atom. The smallest absolute Gasteiger partial charge is 0.325 e. The molecule has 0 aromatic heterocycles. The molecule has 2 heterocycles. The van der Waals surface area contributed by atoms with Crippen molar-refractivity contribution in [3.8, 4) is 11.5 Å². The first-order valence-electron chi connectivity index (χ1n) is 7.93. The Morgan fingerprint density at radius 3 is 2.80 bits per heavy atom. The molecule has 4 atom stereocenters. The number of carboxylic acid groups (broad SMARTS) is 1. The number of aliphatic carboxylic acids is 1. The van der Waals surface area contributed by atoms with Crippen LogP contribution >= 0.6 is 12.6 Å². The first-order valence-corrected chi connectivity index (χ1v) is 8.56. The summed E-state index contributed by atoms with van der Waals surface area (Å²) < 4.78 is 10.7. The predicted molar refractivity (Wildman–Crippen MR) is 90.2 cm³/mol. The molecule has 1 saturated heterocycles. The fourth-order valence-electron chi connectivity index (χ4n) is 3.23. The number of nitrogens with zero attached hydrogens (tertiary/aromatic N) is 1. The van der Waals surface area contributed by atoms with E-state index in [9.17, 15) is 14.8 Å². The molecular formula is C16H20N2O6S. The van der Waals surface area contributed by atoms with Crippen molar-refractivity contribution in [2.24, 2.45) is 0 Å². The summed E-state index contributed by atoms with van der Waals surface area (Å²) in [6.45, 7) is 1.55. The molecule has 9 heteroatoms. The lowest BCUT2D eigenvalue weighted by Crippen LogP contribution is -2.49. The molecule has 0 spiro atoms. The number of benzene rings is 1. The van der Waals surface area contributed by atoms with Crippen LogP contribution in [0.1, 0.15) is 24.8 Å². The summed E-state index contributed by atoms with van der Waals surface area (Å²) in [6.07, 6.45) is 0.347. The van der Waals surface area contributed by atoms with Crippen LogP contribution in [0.5, 0.6) is 11.5 Å². The summed E-state index contributed by atoms with van der Waals surface area (Å²) in [5, 5.41) is 22.7. The van der Waals surface area contributed by atoms with E-state index in [0.29, 0.717) is 23.7 Å². The minimum Gasteiger partial charge on any atom is -0.480 e. The average Bonchev–Trinajstić information content (AvgIpc) is 3.17. The van der Waals surface area contributed by atoms with Gasteiger partial charge in [-0.2, -0.15) is 17.7 Å². The zero-order valence-electron chi connectivity index (χ0n) is 13.6. The van der Waals surface area contributed by atoms with Crippen molar-refractivity contribution < 1.29 is 29.4 Å². The Labute approximate surface area is 150 Å². The highest BCUT2D eigenvalue weighted by molar-refractivity contribution is 7.80. The van der Waals surface area contributed by atoms with Gasteiger partial charge in [0.2, 0.25) is 12.7 Å². The van der Waals surface area contributed by atoms with E-state index in [1.807, 2.05) is 12.1 Å². The summed E-state index contributed by atoms with van der Waals surface area (Å²) in [7, 11) is 0. The van der Waals surface area contributed by atoms with Crippen molar-refractivity contribution in [3.63, 3.8) is 0 Å². The topological polar surface area (TPSA) is 108 Å². The lowest BCUT2D eigenvalue weighted by Gasteiger charge is -2.24. The molecule has 25 heavy (non-hydrogen) atoms. The number of rotatable bonds is 5. The SMILES string of the molecule is CC(NC(=O)C1CC(c2ccc3c(c2)OCO3)C(CS)N1O)C(=O)O. The molecule has 4 unspecified atom stereocenters. The van der Waals surface area contributed by atoms with Crippen LogP contribution in [0.25, 0.3) is 0 Å². The standard InChI is InChI=1S/C16H20N2O6S/c1-8(16(20)21)17-15(19)11-5-10(12(6-25)18(11)22)9-2-3-13-14(4-9)24-7-23-13/h2-4,8,10-12,22,25H,5-7H2,1H3,(H,17,19)(H,20,21). The van der Waals surface area contributed by atoms with E-state index in [2.05, 4.69) is 17.9 Å². The largest absolute Gasteiger partial charge is 0.480 e. The van der Waals surface area contributed by atoms with Gasteiger partial charge >= 0.3 is 5.97 Å². The van der Waals surface area contributed by atoms with Crippen molar-refractivity contribution in [2.75, 3.05) is 12.5 Å². The van der Waals surface area contributed by atoms with Crippen LogP contribution in [0, 0.1) is 0 Å². The number of nitrogens with one attached hydrogen (secondary N) is 1. The maximum absolute atomic E-state index is 12.4. The quantitative estimate of drug-likeness (QED) is 0.571. The van der Waals surface area contributed by atoms with Crippen molar-refractivity contribution in [2.45, 2.75) is 37.4 Å². The van der Waals surface area contributed by atoms with Gasteiger partial charge in [-0.05, 0) is 31.0 Å². The molecule has 1 fully saturated rings. The van der Waals surface area contributed by atoms with E-state index in [-0.39, 0.29) is 18.8 Å². The zero-order valence-corrected chi connectivity index (χ0v) is 14.5. The molecule has 8 nitrogen and oxygen atoms in total. The predicted octanol–water partition coefficient (Wildman–Crippen LogP) is 0.850. The van der Waals surface area contributed by atoms with Crippen LogP contribution in [0.15, 0.2) is 18.2 Å². The second kappa shape index (κ2) is 7.11. The number of amides is 1. The molecule has 2 aliphatic heterocycles. The van der Waals surface area contributed by atoms with Gasteiger partial charge in [0.05, 0.1) is 6.04 Å². The monoisotopic (exact) mass is 368 g/mol. The van der Waals surface area contributed by atoms with E-state index >= 15 is 0 Å². The highest BCUT2D eigenvalue weighted by Gasteiger charge is 2.44. The Balaban J connectivity index is 1.79. The lowest BCUT2D eigenvalue weighted by molar-refractivity contribution is -0.157. The van der Waals surface area contributed by atoms with E-state index in [1.54, 1.807) is 6.07 Å². The van der Waals surface area contributed by atoms with Crippen molar-refractivity contribution in [1.82, 2.24) is 10.4 Å². The number of fused-ring (bicyclic) bond motifs is 1. The van der Waals surface area contributed by atoms with Gasteiger partial charge in [0.15, 0.2) is 11.5 Å². The van der Waals surface area contributed by atoms with E-state index in [1.165, 1.54) is 6.92 Å². The highest BCUT2D eigenvalue weighted by atomic mass is 32.1. The second-order valence-corrected chi connectivity index (χ2v) is 6.53. The summed E-state index contributed by atoms with van der Waals surface area (Å²) in [6, 6.07) is 3.28. The van der Waals surface area contributed by atoms with Gasteiger partial charge in [0.1, 0.15) is 12.1 Å². The number of carbonyl (C=O) groups excluding carboxylic acids is 1. The van der Waals surface area contributed by atoms with Gasteiger partial charge < -0.3 is 25.1 Å². The Kier molecular flexibility index (Phi) is 5.07. The first-order chi connectivity index (χ1) is 11.9. The maximum atomic E-state index is 12.4. The lowest BCUT2D eigenvalue weighted by atomic mass is 9.91. The van der Waals surface area contributed by atoms with Gasteiger partial charge in [-0.25, -0.2) is 0 Å². The molecular weight excluding hydrogens is 348 g/mol. The maximum Gasteiger partial charge on any atom is 0.325 e. The summed E-state index contributed by atoms with van der Waals surface area (Å²) in [5.74, 6) is -0.162. The third kappa shape index (κ3) is 3.39. The van der Waals surface area contributed by atoms with Gasteiger partial charge in [0.25, 0.3) is 0 Å². The molecule has 1 aromatic carbocycles. The van der Waals surface area contributed by atoms with Crippen LogP contribution in [0.4, 0.5) is 0 Å². The Morgan fingerprint density at radius 1 is 1.40 bits per heavy atom. The van der Waals surface area contributed by atoms with Gasteiger partial charge in [0, 0.05) is 11.7 Å². The second-order valence-electron chi connectivity index (χ2n) is 6.17. The molecule has 3 N–H and O–H groups in total. The average molecular weight is 368 g/mol. The highest BCUT2D eigenvalue weighted by Crippen LogP contribution is 2.41. The third-order valence-electron chi connectivity index (χ3n) is 4.64. The Hall–Kier alpha value is -1.97. The van der Waals surface area contributed by atoms with Crippen molar-refractivity contribution in [3.05, 3.63) is 23.8 Å². The van der Waals surface area contributed by atoms with Crippen LogP contribution in [0.3, 0.4) is 0 Å². The number of ether oxygens (including phenoxy) is 2. The van der Waals surface area contributed by atoms with Gasteiger partial charge in [-0.15, -0.1) is 0 Å². The molecule has 0 bridgehead atoms. The fraction of sp³-hybridized carbons (Fsp3) is 0.500. The molecule has 1 amide bonds. The molecule has 0 saturated carbocycles. The number of hydrogen-bond donors (Lipinski definition) is 4. The van der Waals surface area contributed by atoms with Gasteiger partial charge in [-0.1, -0.05) is 6.07 Å². The molecule has 2 aliphatic rings. The van der Waals surface area contributed by atoms with Crippen molar-refractivity contribution >= 4 is 24.5 Å². The van der Waals surface area contributed by atoms with Gasteiger partial charge in [-0.3, -0.25) is 9.59 Å². The van der Waals surface area contributed by atoms with E-state index in [4.69, 9.17) is 14.6 Å².